The Morgan fingerprint density at radius 2 is 1.67 bits per heavy atom. The van der Waals surface area contributed by atoms with Crippen LogP contribution in [0.25, 0.3) is 0 Å². The van der Waals surface area contributed by atoms with E-state index in [1.807, 2.05) is 0 Å². The number of hydrogen-bond acceptors (Lipinski definition) is 3. The van der Waals surface area contributed by atoms with Crippen molar-refractivity contribution in [2.24, 2.45) is 46.3 Å². The van der Waals surface area contributed by atoms with Crippen molar-refractivity contribution in [1.82, 2.24) is 10.6 Å². The predicted octanol–water partition coefficient (Wildman–Crippen LogP) is 5.86. The van der Waals surface area contributed by atoms with Gasteiger partial charge in [-0.2, -0.15) is 0 Å². The third-order valence-corrected chi connectivity index (χ3v) is 12.1. The van der Waals surface area contributed by atoms with Crippen LogP contribution in [0.5, 0.6) is 0 Å². The molecular formula is C29H50N2O2. The minimum atomic E-state index is -0.623. The second kappa shape index (κ2) is 9.45. The quantitative estimate of drug-likeness (QED) is 0.467. The second-order valence-electron chi connectivity index (χ2n) is 13.5. The van der Waals surface area contributed by atoms with Crippen LogP contribution in [0.2, 0.25) is 0 Å². The van der Waals surface area contributed by atoms with Gasteiger partial charge in [0.1, 0.15) is 0 Å². The Labute approximate surface area is 202 Å². The first-order valence-corrected chi connectivity index (χ1v) is 14.5. The summed E-state index contributed by atoms with van der Waals surface area (Å²) < 4.78 is 0. The summed E-state index contributed by atoms with van der Waals surface area (Å²) in [5.74, 6) is 4.33. The van der Waals surface area contributed by atoms with Crippen LogP contribution in [0.1, 0.15) is 104 Å². The Balaban J connectivity index is 1.24. The number of carboxylic acids is 1. The van der Waals surface area contributed by atoms with Crippen molar-refractivity contribution < 1.29 is 9.90 Å². The number of carboxylic acid groups (broad SMARTS) is 1. The zero-order valence-electron chi connectivity index (χ0n) is 21.6. The fraction of sp³-hybridized carbons (Fsp3) is 0.966. The molecule has 1 heterocycles. The maximum Gasteiger partial charge on any atom is 0.303 e. The van der Waals surface area contributed by atoms with E-state index >= 15 is 0 Å². The van der Waals surface area contributed by atoms with Gasteiger partial charge in [-0.15, -0.1) is 0 Å². The molecule has 4 heteroatoms. The van der Waals surface area contributed by atoms with Gasteiger partial charge in [0.05, 0.1) is 0 Å². The van der Waals surface area contributed by atoms with Crippen molar-refractivity contribution in [3.05, 3.63) is 0 Å². The van der Waals surface area contributed by atoms with Crippen molar-refractivity contribution in [1.29, 1.82) is 0 Å². The molecule has 4 nitrogen and oxygen atoms in total. The number of carbonyl (C=O) groups is 1. The average Bonchev–Trinajstić information content (AvgIpc) is 3.16. The molecule has 3 N–H and O–H groups in total. The molecule has 0 amide bonds. The number of aliphatic carboxylic acids is 1. The van der Waals surface area contributed by atoms with Gasteiger partial charge in [-0.25, -0.2) is 0 Å². The highest BCUT2D eigenvalue weighted by Crippen LogP contribution is 2.68. The average molecular weight is 459 g/mol. The van der Waals surface area contributed by atoms with E-state index in [1.54, 1.807) is 0 Å². The lowest BCUT2D eigenvalue weighted by Gasteiger charge is -2.61. The SMILES string of the molecule is C[C@H](CCC(=O)O)[C@H]1CCC2C3CC[C@H]4C[C@@H](NC5CCNCC5)CC[C@]4(C)C3CC[C@@]21C. The van der Waals surface area contributed by atoms with Crippen LogP contribution in [0.15, 0.2) is 0 Å². The van der Waals surface area contributed by atoms with Crippen LogP contribution in [-0.2, 0) is 4.79 Å². The molecule has 0 aromatic heterocycles. The van der Waals surface area contributed by atoms with Crippen molar-refractivity contribution in [3.63, 3.8) is 0 Å². The van der Waals surface area contributed by atoms with Gasteiger partial charge in [0.2, 0.25) is 0 Å². The van der Waals surface area contributed by atoms with Crippen LogP contribution in [-0.4, -0.2) is 36.2 Å². The molecule has 0 spiro atoms. The summed E-state index contributed by atoms with van der Waals surface area (Å²) in [5.41, 5.74) is 1.01. The number of nitrogens with one attached hydrogen (secondary N) is 2. The van der Waals surface area contributed by atoms with Gasteiger partial charge in [0.15, 0.2) is 0 Å². The van der Waals surface area contributed by atoms with E-state index in [2.05, 4.69) is 31.4 Å². The molecule has 5 rings (SSSR count). The Morgan fingerprint density at radius 1 is 0.939 bits per heavy atom. The molecule has 188 valence electrons. The first-order chi connectivity index (χ1) is 15.8. The maximum absolute atomic E-state index is 11.2. The number of fused-ring (bicyclic) bond motifs is 5. The molecule has 0 aromatic rings. The van der Waals surface area contributed by atoms with Gasteiger partial charge < -0.3 is 15.7 Å². The summed E-state index contributed by atoms with van der Waals surface area (Å²) in [5, 5.41) is 16.8. The van der Waals surface area contributed by atoms with Gasteiger partial charge in [-0.3, -0.25) is 4.79 Å². The summed E-state index contributed by atoms with van der Waals surface area (Å²) >= 11 is 0. The molecule has 1 aliphatic heterocycles. The van der Waals surface area contributed by atoms with Crippen LogP contribution in [0, 0.1) is 46.3 Å². The fourth-order valence-corrected chi connectivity index (χ4v) is 10.3. The topological polar surface area (TPSA) is 61.4 Å². The summed E-state index contributed by atoms with van der Waals surface area (Å²) in [6.45, 7) is 10.0. The monoisotopic (exact) mass is 458 g/mol. The molecule has 0 radical (unpaired) electrons. The normalized spacial score (nSPS) is 46.8. The lowest BCUT2D eigenvalue weighted by molar-refractivity contribution is -0.137. The number of rotatable bonds is 6. The molecule has 4 aliphatic carbocycles. The Morgan fingerprint density at radius 3 is 2.42 bits per heavy atom. The van der Waals surface area contributed by atoms with Gasteiger partial charge in [-0.1, -0.05) is 20.8 Å². The molecule has 9 atom stereocenters. The standard InChI is InChI=1S/C29H50N2O2/c1-19(4-9-27(32)33)24-7-8-25-23-6-5-20-18-22(31-21-12-16-30-17-13-21)10-14-28(20,2)26(23)11-15-29(24,25)3/h19-26,30-31H,4-18H2,1-3H3,(H,32,33)/t19-,20+,22+,23?,24-,25?,26?,28+,29-/m1/s1. The highest BCUT2D eigenvalue weighted by atomic mass is 16.4. The summed E-state index contributed by atoms with van der Waals surface area (Å²) in [4.78, 5) is 11.2. The van der Waals surface area contributed by atoms with Crippen LogP contribution in [0.4, 0.5) is 0 Å². The Kier molecular flexibility index (Phi) is 6.90. The van der Waals surface area contributed by atoms with Crippen molar-refractivity contribution in [2.75, 3.05) is 13.1 Å². The minimum Gasteiger partial charge on any atom is -0.481 e. The molecule has 5 fully saturated rings. The zero-order chi connectivity index (χ0) is 23.2. The smallest absolute Gasteiger partial charge is 0.303 e. The third-order valence-electron chi connectivity index (χ3n) is 12.1. The molecule has 4 saturated carbocycles. The molecule has 3 unspecified atom stereocenters. The van der Waals surface area contributed by atoms with E-state index < -0.39 is 5.97 Å². The minimum absolute atomic E-state index is 0.344. The van der Waals surface area contributed by atoms with Crippen LogP contribution in [0.3, 0.4) is 0 Å². The first-order valence-electron chi connectivity index (χ1n) is 14.5. The number of piperidine rings is 1. The van der Waals surface area contributed by atoms with Crippen molar-refractivity contribution in [2.45, 2.75) is 116 Å². The van der Waals surface area contributed by atoms with Crippen molar-refractivity contribution in [3.8, 4) is 0 Å². The van der Waals surface area contributed by atoms with E-state index in [4.69, 9.17) is 0 Å². The molecular weight excluding hydrogens is 408 g/mol. The predicted molar refractivity (Wildman–Crippen MR) is 134 cm³/mol. The Bertz CT molecular complexity index is 706. The molecule has 0 bridgehead atoms. The highest BCUT2D eigenvalue weighted by Gasteiger charge is 2.60. The van der Waals surface area contributed by atoms with Crippen LogP contribution < -0.4 is 10.6 Å². The highest BCUT2D eigenvalue weighted by molar-refractivity contribution is 5.66. The fourth-order valence-electron chi connectivity index (χ4n) is 10.3. The summed E-state index contributed by atoms with van der Waals surface area (Å²) in [6, 6.07) is 1.49. The van der Waals surface area contributed by atoms with Crippen LogP contribution >= 0.6 is 0 Å². The van der Waals surface area contributed by atoms with Gasteiger partial charge in [0.25, 0.3) is 0 Å². The molecule has 33 heavy (non-hydrogen) atoms. The molecule has 0 aromatic carbocycles. The van der Waals surface area contributed by atoms with E-state index in [1.165, 1.54) is 83.7 Å². The lowest BCUT2D eigenvalue weighted by atomic mass is 9.44. The Hall–Kier alpha value is -0.610. The van der Waals surface area contributed by atoms with Gasteiger partial charge in [0, 0.05) is 18.5 Å². The second-order valence-corrected chi connectivity index (χ2v) is 13.5. The van der Waals surface area contributed by atoms with Gasteiger partial charge in [-0.05, 0) is 136 Å². The summed E-state index contributed by atoms with van der Waals surface area (Å²) in [6.07, 6.45) is 16.5. The van der Waals surface area contributed by atoms with E-state index in [0.29, 0.717) is 23.2 Å². The van der Waals surface area contributed by atoms with E-state index in [-0.39, 0.29) is 0 Å². The molecule has 5 aliphatic rings. The van der Waals surface area contributed by atoms with E-state index in [0.717, 1.165) is 48.1 Å². The largest absolute Gasteiger partial charge is 0.481 e. The van der Waals surface area contributed by atoms with Gasteiger partial charge >= 0.3 is 5.97 Å². The lowest BCUT2D eigenvalue weighted by Crippen LogP contribution is -2.56. The first kappa shape index (κ1) is 24.1. The summed E-state index contributed by atoms with van der Waals surface area (Å²) in [7, 11) is 0. The zero-order valence-corrected chi connectivity index (χ0v) is 21.6. The molecule has 1 saturated heterocycles. The number of hydrogen-bond donors (Lipinski definition) is 3. The maximum atomic E-state index is 11.2. The third kappa shape index (κ3) is 4.41. The van der Waals surface area contributed by atoms with E-state index in [9.17, 15) is 9.90 Å². The van der Waals surface area contributed by atoms with Crippen molar-refractivity contribution >= 4 is 5.97 Å².